The topological polar surface area (TPSA) is 41.6 Å². The monoisotopic (exact) mass is 302 g/mol. The minimum absolute atomic E-state index is 0.232. The van der Waals surface area contributed by atoms with Crippen molar-refractivity contribution in [1.82, 2.24) is 10.2 Å². The molecule has 0 aromatic heterocycles. The van der Waals surface area contributed by atoms with Crippen molar-refractivity contribution in [2.45, 2.75) is 38.8 Å². The second-order valence-electron chi connectivity index (χ2n) is 6.87. The van der Waals surface area contributed by atoms with Gasteiger partial charge in [0.05, 0.1) is 7.11 Å². The molecule has 1 aromatic carbocycles. The zero-order chi connectivity index (χ0) is 15.7. The van der Waals surface area contributed by atoms with E-state index < -0.39 is 0 Å². The molecule has 2 fully saturated rings. The highest BCUT2D eigenvalue weighted by atomic mass is 16.5. The van der Waals surface area contributed by atoms with Gasteiger partial charge in [0.15, 0.2) is 0 Å². The quantitative estimate of drug-likeness (QED) is 0.928. The fourth-order valence-corrected chi connectivity index (χ4v) is 4.05. The van der Waals surface area contributed by atoms with Gasteiger partial charge in [-0.25, -0.2) is 0 Å². The minimum atomic E-state index is 0.232. The lowest BCUT2D eigenvalue weighted by Crippen LogP contribution is -2.38. The summed E-state index contributed by atoms with van der Waals surface area (Å²) in [6.45, 7) is 3.91. The van der Waals surface area contributed by atoms with Crippen molar-refractivity contribution in [2.24, 2.45) is 11.8 Å². The van der Waals surface area contributed by atoms with Gasteiger partial charge in [-0.05, 0) is 55.8 Å². The molecule has 0 radical (unpaired) electrons. The average Bonchev–Trinajstić information content (AvgIpc) is 2.90. The summed E-state index contributed by atoms with van der Waals surface area (Å²) in [7, 11) is 3.92. The third-order valence-electron chi connectivity index (χ3n) is 5.34. The molecular formula is C18H26N2O2. The summed E-state index contributed by atoms with van der Waals surface area (Å²) >= 11 is 0. The van der Waals surface area contributed by atoms with Crippen molar-refractivity contribution < 1.29 is 9.53 Å². The van der Waals surface area contributed by atoms with Crippen LogP contribution in [-0.2, 0) is 11.3 Å². The summed E-state index contributed by atoms with van der Waals surface area (Å²) in [5.74, 6) is 2.43. The fourth-order valence-electron chi connectivity index (χ4n) is 4.05. The Kier molecular flexibility index (Phi) is 4.39. The van der Waals surface area contributed by atoms with Crippen LogP contribution in [0.4, 0.5) is 0 Å². The maximum absolute atomic E-state index is 11.5. The highest BCUT2D eigenvalue weighted by Gasteiger charge is 2.39. The number of fused-ring (bicyclic) bond motifs is 1. The molecule has 3 atom stereocenters. The van der Waals surface area contributed by atoms with E-state index in [4.69, 9.17) is 4.74 Å². The highest BCUT2D eigenvalue weighted by molar-refractivity contribution is 5.77. The molecule has 1 amide bonds. The van der Waals surface area contributed by atoms with Crippen LogP contribution in [0, 0.1) is 18.8 Å². The number of carbonyl (C=O) groups is 1. The molecule has 4 heteroatoms. The predicted molar refractivity (Wildman–Crippen MR) is 86.8 cm³/mol. The number of nitrogens with zero attached hydrogens (tertiary/aromatic N) is 1. The molecule has 1 heterocycles. The molecule has 1 saturated carbocycles. The van der Waals surface area contributed by atoms with Crippen molar-refractivity contribution >= 4 is 5.91 Å². The lowest BCUT2D eigenvalue weighted by atomic mass is 9.89. The first-order valence-electron chi connectivity index (χ1n) is 8.17. The Balaban J connectivity index is 1.61. The molecule has 3 rings (SSSR count). The Labute approximate surface area is 132 Å². The first kappa shape index (κ1) is 15.3. The maximum atomic E-state index is 11.5. The van der Waals surface area contributed by atoms with Crippen LogP contribution < -0.4 is 10.1 Å². The SMILES string of the molecule is COc1ccc(CN(C)[C@H]2C[C@H]3CC(=O)NC[C@H]3C2)cc1C. The maximum Gasteiger partial charge on any atom is 0.220 e. The average molecular weight is 302 g/mol. The number of ether oxygens (including phenoxy) is 1. The van der Waals surface area contributed by atoms with Crippen molar-refractivity contribution in [3.8, 4) is 5.75 Å². The molecule has 1 N–H and O–H groups in total. The van der Waals surface area contributed by atoms with Gasteiger partial charge in [0.1, 0.15) is 5.75 Å². The number of nitrogens with one attached hydrogen (secondary N) is 1. The van der Waals surface area contributed by atoms with Gasteiger partial charge in [0.2, 0.25) is 5.91 Å². The molecule has 1 saturated heterocycles. The molecule has 22 heavy (non-hydrogen) atoms. The molecule has 1 aliphatic carbocycles. The van der Waals surface area contributed by atoms with E-state index in [1.807, 2.05) is 0 Å². The van der Waals surface area contributed by atoms with E-state index in [9.17, 15) is 4.79 Å². The predicted octanol–water partition coefficient (Wildman–Crippen LogP) is 2.35. The van der Waals surface area contributed by atoms with Crippen LogP contribution in [-0.4, -0.2) is 37.6 Å². The number of rotatable bonds is 4. The Bertz CT molecular complexity index is 558. The van der Waals surface area contributed by atoms with E-state index in [2.05, 4.69) is 42.4 Å². The second-order valence-corrected chi connectivity index (χ2v) is 6.87. The first-order chi connectivity index (χ1) is 10.6. The molecule has 0 spiro atoms. The van der Waals surface area contributed by atoms with Crippen LogP contribution in [0.2, 0.25) is 0 Å². The molecule has 0 bridgehead atoms. The summed E-state index contributed by atoms with van der Waals surface area (Å²) in [5.41, 5.74) is 2.51. The minimum Gasteiger partial charge on any atom is -0.496 e. The Hall–Kier alpha value is -1.55. The molecule has 1 aliphatic heterocycles. The Morgan fingerprint density at radius 2 is 2.09 bits per heavy atom. The van der Waals surface area contributed by atoms with E-state index in [0.29, 0.717) is 17.9 Å². The van der Waals surface area contributed by atoms with Crippen LogP contribution in [0.1, 0.15) is 30.4 Å². The van der Waals surface area contributed by atoms with Crippen LogP contribution in [0.5, 0.6) is 5.75 Å². The Morgan fingerprint density at radius 1 is 1.32 bits per heavy atom. The number of methoxy groups -OCH3 is 1. The zero-order valence-electron chi connectivity index (χ0n) is 13.8. The molecule has 4 nitrogen and oxygen atoms in total. The van der Waals surface area contributed by atoms with Gasteiger partial charge in [0, 0.05) is 25.6 Å². The summed E-state index contributed by atoms with van der Waals surface area (Å²) in [4.78, 5) is 14.0. The number of aryl methyl sites for hydroxylation is 1. The highest BCUT2D eigenvalue weighted by Crippen LogP contribution is 2.38. The largest absolute Gasteiger partial charge is 0.496 e. The molecule has 1 aromatic rings. The third-order valence-corrected chi connectivity index (χ3v) is 5.34. The normalized spacial score (nSPS) is 27.6. The summed E-state index contributed by atoms with van der Waals surface area (Å²) in [5, 5.41) is 3.01. The van der Waals surface area contributed by atoms with Crippen LogP contribution >= 0.6 is 0 Å². The van der Waals surface area contributed by atoms with E-state index in [-0.39, 0.29) is 5.91 Å². The fraction of sp³-hybridized carbons (Fsp3) is 0.611. The van der Waals surface area contributed by atoms with E-state index in [0.717, 1.165) is 31.7 Å². The third kappa shape index (κ3) is 3.12. The van der Waals surface area contributed by atoms with E-state index in [1.165, 1.54) is 17.5 Å². The van der Waals surface area contributed by atoms with Gasteiger partial charge in [0.25, 0.3) is 0 Å². The number of piperidine rings is 1. The lowest BCUT2D eigenvalue weighted by molar-refractivity contribution is -0.124. The second kappa shape index (κ2) is 6.29. The summed E-state index contributed by atoms with van der Waals surface area (Å²) in [6, 6.07) is 7.00. The van der Waals surface area contributed by atoms with Crippen LogP contribution in [0.3, 0.4) is 0 Å². The van der Waals surface area contributed by atoms with E-state index in [1.54, 1.807) is 7.11 Å². The number of hydrogen-bond donors (Lipinski definition) is 1. The van der Waals surface area contributed by atoms with Gasteiger partial charge >= 0.3 is 0 Å². The summed E-state index contributed by atoms with van der Waals surface area (Å²) in [6.07, 6.45) is 3.08. The van der Waals surface area contributed by atoms with Gasteiger partial charge < -0.3 is 10.1 Å². The van der Waals surface area contributed by atoms with Gasteiger partial charge in [-0.1, -0.05) is 12.1 Å². The number of amides is 1. The van der Waals surface area contributed by atoms with Crippen molar-refractivity contribution in [2.75, 3.05) is 20.7 Å². The molecule has 120 valence electrons. The Morgan fingerprint density at radius 3 is 2.82 bits per heavy atom. The lowest BCUT2D eigenvalue weighted by Gasteiger charge is -2.25. The molecular weight excluding hydrogens is 276 g/mol. The van der Waals surface area contributed by atoms with Crippen molar-refractivity contribution in [3.63, 3.8) is 0 Å². The number of carbonyl (C=O) groups excluding carboxylic acids is 1. The van der Waals surface area contributed by atoms with Crippen molar-refractivity contribution in [3.05, 3.63) is 29.3 Å². The van der Waals surface area contributed by atoms with Crippen LogP contribution in [0.15, 0.2) is 18.2 Å². The van der Waals surface area contributed by atoms with Crippen molar-refractivity contribution in [1.29, 1.82) is 0 Å². The smallest absolute Gasteiger partial charge is 0.220 e. The van der Waals surface area contributed by atoms with Crippen LogP contribution in [0.25, 0.3) is 0 Å². The van der Waals surface area contributed by atoms with Gasteiger partial charge in [-0.2, -0.15) is 0 Å². The van der Waals surface area contributed by atoms with E-state index >= 15 is 0 Å². The summed E-state index contributed by atoms with van der Waals surface area (Å²) < 4.78 is 5.33. The molecule has 0 unspecified atom stereocenters. The first-order valence-corrected chi connectivity index (χ1v) is 8.17. The number of hydrogen-bond acceptors (Lipinski definition) is 3. The van der Waals surface area contributed by atoms with Gasteiger partial charge in [-0.3, -0.25) is 9.69 Å². The number of benzene rings is 1. The standard InChI is InChI=1S/C18H26N2O2/c1-12-6-13(4-5-17(12)22-3)11-20(2)16-7-14-9-18(21)19-10-15(14)8-16/h4-6,14-16H,7-11H2,1-3H3,(H,19,21)/t14-,15+,16-/m0/s1. The zero-order valence-corrected chi connectivity index (χ0v) is 13.8. The molecule has 2 aliphatic rings. The van der Waals surface area contributed by atoms with Gasteiger partial charge in [-0.15, -0.1) is 0 Å².